The maximum absolute atomic E-state index is 10.8. The van der Waals surface area contributed by atoms with E-state index in [1.807, 2.05) is 0 Å². The Morgan fingerprint density at radius 1 is 1.64 bits per heavy atom. The van der Waals surface area contributed by atoms with E-state index < -0.39 is 17.9 Å². The van der Waals surface area contributed by atoms with Crippen LogP contribution in [0.5, 0.6) is 0 Å². The van der Waals surface area contributed by atoms with E-state index in [0.29, 0.717) is 5.82 Å². The molecule has 0 radical (unpaired) electrons. The molecule has 0 aliphatic heterocycles. The van der Waals surface area contributed by atoms with E-state index in [1.54, 1.807) is 14.0 Å². The van der Waals surface area contributed by atoms with Crippen LogP contribution >= 0.6 is 0 Å². The Morgan fingerprint density at radius 2 is 2.29 bits per heavy atom. The fourth-order valence-corrected chi connectivity index (χ4v) is 0.877. The molecular weight excluding hydrogens is 188 g/mol. The van der Waals surface area contributed by atoms with Gasteiger partial charge in [-0.3, -0.25) is 9.48 Å². The van der Waals surface area contributed by atoms with Gasteiger partial charge in [-0.25, -0.2) is 9.78 Å². The van der Waals surface area contributed by atoms with Crippen molar-refractivity contribution in [1.82, 2.24) is 20.1 Å². The summed E-state index contributed by atoms with van der Waals surface area (Å²) < 4.78 is 1.47. The molecule has 14 heavy (non-hydrogen) atoms. The van der Waals surface area contributed by atoms with Gasteiger partial charge in [0.05, 0.1) is 6.04 Å². The molecule has 76 valence electrons. The topological polar surface area (TPSA) is 97.1 Å². The molecule has 1 atom stereocenters. The molecule has 1 aromatic heterocycles. The fraction of sp³-hybridized carbons (Fsp3) is 0.429. The Morgan fingerprint density at radius 3 is 2.71 bits per heavy atom. The summed E-state index contributed by atoms with van der Waals surface area (Å²) in [5, 5.41) is 14.5. The second-order valence-corrected chi connectivity index (χ2v) is 2.78. The van der Waals surface area contributed by atoms with E-state index in [4.69, 9.17) is 5.11 Å². The van der Waals surface area contributed by atoms with Crippen molar-refractivity contribution in [2.75, 3.05) is 0 Å². The molecule has 1 heterocycles. The van der Waals surface area contributed by atoms with Crippen molar-refractivity contribution < 1.29 is 14.7 Å². The molecule has 0 spiro atoms. The second-order valence-electron chi connectivity index (χ2n) is 2.78. The molecule has 0 aromatic carbocycles. The fourth-order valence-electron chi connectivity index (χ4n) is 0.877. The Kier molecular flexibility index (Phi) is 2.80. The summed E-state index contributed by atoms with van der Waals surface area (Å²) in [4.78, 5) is 24.8. The molecule has 1 rings (SSSR count). The van der Waals surface area contributed by atoms with E-state index in [-0.39, 0.29) is 0 Å². The number of carboxylic acid groups (broad SMARTS) is 1. The van der Waals surface area contributed by atoms with Crippen LogP contribution in [0, 0.1) is 0 Å². The van der Waals surface area contributed by atoms with E-state index >= 15 is 0 Å². The van der Waals surface area contributed by atoms with Crippen LogP contribution in [0.1, 0.15) is 18.8 Å². The lowest BCUT2D eigenvalue weighted by atomic mass is 10.3. The number of hydrogen-bond donors (Lipinski definition) is 2. The molecule has 1 unspecified atom stereocenters. The minimum atomic E-state index is -1.52. The third-order valence-corrected chi connectivity index (χ3v) is 1.55. The first-order valence-corrected chi connectivity index (χ1v) is 3.90. The van der Waals surface area contributed by atoms with Crippen molar-refractivity contribution in [2.45, 2.75) is 13.0 Å². The van der Waals surface area contributed by atoms with Crippen LogP contribution in [0.3, 0.4) is 0 Å². The number of amides is 1. The van der Waals surface area contributed by atoms with Crippen LogP contribution in [0.2, 0.25) is 0 Å². The number of nitrogens with zero attached hydrogens (tertiary/aromatic N) is 3. The van der Waals surface area contributed by atoms with Gasteiger partial charge in [-0.15, -0.1) is 0 Å². The number of nitrogens with one attached hydrogen (secondary N) is 1. The Bertz CT molecular complexity index is 360. The lowest BCUT2D eigenvalue weighted by Crippen LogP contribution is -2.33. The number of carbonyl (C=O) groups is 2. The lowest BCUT2D eigenvalue weighted by Gasteiger charge is -2.07. The van der Waals surface area contributed by atoms with E-state index in [0.717, 1.165) is 0 Å². The van der Waals surface area contributed by atoms with Crippen LogP contribution in [-0.4, -0.2) is 31.7 Å². The van der Waals surface area contributed by atoms with Crippen molar-refractivity contribution in [3.05, 3.63) is 12.2 Å². The second kappa shape index (κ2) is 3.86. The highest BCUT2D eigenvalue weighted by Gasteiger charge is 2.17. The molecule has 7 heteroatoms. The van der Waals surface area contributed by atoms with Crippen LogP contribution in [-0.2, 0) is 16.6 Å². The first-order chi connectivity index (χ1) is 6.50. The minimum absolute atomic E-state index is 0.377. The van der Waals surface area contributed by atoms with Gasteiger partial charge < -0.3 is 10.4 Å². The summed E-state index contributed by atoms with van der Waals surface area (Å²) in [6.45, 7) is 1.61. The smallest absolute Gasteiger partial charge is 0.394 e. The van der Waals surface area contributed by atoms with Gasteiger partial charge in [-0.2, -0.15) is 5.10 Å². The molecule has 0 bridgehead atoms. The number of rotatable bonds is 2. The molecule has 0 fully saturated rings. The van der Waals surface area contributed by atoms with Gasteiger partial charge in [0.1, 0.15) is 6.33 Å². The van der Waals surface area contributed by atoms with Gasteiger partial charge in [0, 0.05) is 7.05 Å². The van der Waals surface area contributed by atoms with Crippen LogP contribution in [0.25, 0.3) is 0 Å². The molecule has 0 saturated carbocycles. The largest absolute Gasteiger partial charge is 0.474 e. The zero-order valence-corrected chi connectivity index (χ0v) is 7.76. The zero-order valence-electron chi connectivity index (χ0n) is 7.76. The van der Waals surface area contributed by atoms with Crippen molar-refractivity contribution in [1.29, 1.82) is 0 Å². The molecule has 2 N–H and O–H groups in total. The summed E-state index contributed by atoms with van der Waals surface area (Å²) in [5.74, 6) is -2.21. The molecule has 7 nitrogen and oxygen atoms in total. The number of aliphatic carboxylic acids is 1. The van der Waals surface area contributed by atoms with Crippen molar-refractivity contribution in [3.8, 4) is 0 Å². The van der Waals surface area contributed by atoms with Crippen molar-refractivity contribution >= 4 is 11.9 Å². The van der Waals surface area contributed by atoms with Gasteiger partial charge in [0.2, 0.25) is 0 Å². The van der Waals surface area contributed by atoms with Crippen LogP contribution < -0.4 is 5.32 Å². The molecule has 1 amide bonds. The number of aromatic nitrogens is 3. The van der Waals surface area contributed by atoms with E-state index in [2.05, 4.69) is 15.4 Å². The summed E-state index contributed by atoms with van der Waals surface area (Å²) >= 11 is 0. The average molecular weight is 198 g/mol. The SMILES string of the molecule is CC(NC(=O)C(=O)O)c1ncn(C)n1. The lowest BCUT2D eigenvalue weighted by molar-refractivity contribution is -0.150. The summed E-state index contributed by atoms with van der Waals surface area (Å²) in [7, 11) is 1.68. The predicted molar refractivity (Wildman–Crippen MR) is 45.2 cm³/mol. The van der Waals surface area contributed by atoms with E-state index in [9.17, 15) is 9.59 Å². The van der Waals surface area contributed by atoms with Crippen molar-refractivity contribution in [3.63, 3.8) is 0 Å². The number of carboxylic acids is 1. The first kappa shape index (κ1) is 10.2. The number of aryl methyl sites for hydroxylation is 1. The predicted octanol–water partition coefficient (Wildman–Crippen LogP) is -0.923. The summed E-state index contributed by atoms with van der Waals surface area (Å²) in [6.07, 6.45) is 1.47. The van der Waals surface area contributed by atoms with Crippen molar-refractivity contribution in [2.24, 2.45) is 7.05 Å². The normalized spacial score (nSPS) is 12.1. The van der Waals surface area contributed by atoms with Gasteiger partial charge in [-0.1, -0.05) is 0 Å². The quantitative estimate of drug-likeness (QED) is 0.599. The third-order valence-electron chi connectivity index (χ3n) is 1.55. The van der Waals surface area contributed by atoms with Gasteiger partial charge in [0.15, 0.2) is 5.82 Å². The molecular formula is C7H10N4O3. The molecule has 0 saturated heterocycles. The summed E-state index contributed by atoms with van der Waals surface area (Å²) in [6, 6.07) is -0.514. The Hall–Kier alpha value is -1.92. The highest BCUT2D eigenvalue weighted by atomic mass is 16.4. The zero-order chi connectivity index (χ0) is 10.7. The Labute approximate surface area is 79.8 Å². The third kappa shape index (κ3) is 2.28. The minimum Gasteiger partial charge on any atom is -0.474 e. The van der Waals surface area contributed by atoms with Gasteiger partial charge in [-0.05, 0) is 6.92 Å². The first-order valence-electron chi connectivity index (χ1n) is 3.90. The standard InChI is InChI=1S/C7H10N4O3/c1-4(9-6(12)7(13)14)5-8-3-11(2)10-5/h3-4H,1-2H3,(H,9,12)(H,13,14). The molecule has 0 aliphatic rings. The molecule has 1 aromatic rings. The summed E-state index contributed by atoms with van der Waals surface area (Å²) in [5.41, 5.74) is 0. The Balaban J connectivity index is 2.63. The molecule has 0 aliphatic carbocycles. The highest BCUT2D eigenvalue weighted by Crippen LogP contribution is 2.03. The maximum Gasteiger partial charge on any atom is 0.394 e. The van der Waals surface area contributed by atoms with E-state index in [1.165, 1.54) is 11.0 Å². The van der Waals surface area contributed by atoms with Crippen LogP contribution in [0.15, 0.2) is 6.33 Å². The average Bonchev–Trinajstić information content (AvgIpc) is 2.51. The number of carbonyl (C=O) groups excluding carboxylic acids is 1. The number of hydrogen-bond acceptors (Lipinski definition) is 4. The van der Waals surface area contributed by atoms with Crippen LogP contribution in [0.4, 0.5) is 0 Å². The highest BCUT2D eigenvalue weighted by molar-refractivity contribution is 6.31. The monoisotopic (exact) mass is 198 g/mol. The maximum atomic E-state index is 10.8. The van der Waals surface area contributed by atoms with Gasteiger partial charge >= 0.3 is 11.9 Å². The van der Waals surface area contributed by atoms with Gasteiger partial charge in [0.25, 0.3) is 0 Å².